The summed E-state index contributed by atoms with van der Waals surface area (Å²) in [7, 11) is 0. The molecule has 2 aromatic rings. The number of thiol groups is 1. The Labute approximate surface area is 172 Å². The second kappa shape index (κ2) is 10.5. The highest BCUT2D eigenvalue weighted by Gasteiger charge is 2.36. The molecule has 2 rings (SSSR count). The van der Waals surface area contributed by atoms with Gasteiger partial charge in [-0.1, -0.05) is 30.3 Å². The van der Waals surface area contributed by atoms with Crippen molar-refractivity contribution < 1.29 is 29.0 Å². The first kappa shape index (κ1) is 22.2. The third-order valence-corrected chi connectivity index (χ3v) is 4.69. The summed E-state index contributed by atoms with van der Waals surface area (Å²) in [6.45, 7) is 0. The first-order valence-corrected chi connectivity index (χ1v) is 9.38. The monoisotopic (exact) mass is 420 g/mol. The highest BCUT2D eigenvalue weighted by molar-refractivity contribution is 7.80. The molecular formula is C20H21FN2O5S. The van der Waals surface area contributed by atoms with Crippen molar-refractivity contribution in [3.8, 4) is 0 Å². The lowest BCUT2D eigenvalue weighted by molar-refractivity contribution is -0.148. The normalized spacial score (nSPS) is 13.7. The van der Waals surface area contributed by atoms with Gasteiger partial charge in [-0.05, 0) is 36.2 Å². The Morgan fingerprint density at radius 3 is 2.03 bits per heavy atom. The molecule has 4 N–H and O–H groups in total. The Kier molecular flexibility index (Phi) is 8.02. The minimum absolute atomic E-state index is 0.149. The molecule has 0 radical (unpaired) electrons. The molecule has 1 amide bonds. The predicted octanol–water partition coefficient (Wildman–Crippen LogP) is 2.05. The Balaban J connectivity index is 2.16. The molecule has 0 aliphatic heterocycles. The van der Waals surface area contributed by atoms with Gasteiger partial charge in [-0.15, -0.1) is 0 Å². The molecular weight excluding hydrogens is 399 g/mol. The van der Waals surface area contributed by atoms with Gasteiger partial charge in [0.15, 0.2) is 12.1 Å². The lowest BCUT2D eigenvalue weighted by atomic mass is 9.99. The largest absolute Gasteiger partial charge is 0.480 e. The number of nitrogens with one attached hydrogen (secondary N) is 2. The van der Waals surface area contributed by atoms with Crippen molar-refractivity contribution in [2.24, 2.45) is 5.92 Å². The summed E-state index contributed by atoms with van der Waals surface area (Å²) in [6.07, 6.45) is 0.325. The van der Waals surface area contributed by atoms with E-state index >= 15 is 0 Å². The van der Waals surface area contributed by atoms with E-state index in [9.17, 15) is 29.0 Å². The van der Waals surface area contributed by atoms with Crippen LogP contribution in [0.1, 0.15) is 5.56 Å². The van der Waals surface area contributed by atoms with Crippen molar-refractivity contribution in [1.29, 1.82) is 0 Å². The molecule has 0 fully saturated rings. The Hall–Kier alpha value is -3.07. The Morgan fingerprint density at radius 1 is 0.931 bits per heavy atom. The standard InChI is InChI=1S/C20H21FN2O5S/c21-14-6-8-15(9-7-14)22-16(19(25)26)17(20(27)28)23-18(24)13(11-29)10-12-4-2-1-3-5-12/h1-9,13,16-17,22,29H,10-11H2,(H,23,24)(H,25,26)(H,27,28). The molecule has 9 heteroatoms. The van der Waals surface area contributed by atoms with Gasteiger partial charge in [0, 0.05) is 11.4 Å². The summed E-state index contributed by atoms with van der Waals surface area (Å²) >= 11 is 4.17. The Bertz CT molecular complexity index is 848. The van der Waals surface area contributed by atoms with Crippen molar-refractivity contribution in [3.63, 3.8) is 0 Å². The van der Waals surface area contributed by atoms with Gasteiger partial charge in [0.25, 0.3) is 0 Å². The highest BCUT2D eigenvalue weighted by Crippen LogP contribution is 2.14. The van der Waals surface area contributed by atoms with E-state index in [1.54, 1.807) is 0 Å². The molecule has 29 heavy (non-hydrogen) atoms. The molecule has 154 valence electrons. The second-order valence-electron chi connectivity index (χ2n) is 6.36. The zero-order chi connectivity index (χ0) is 21.4. The van der Waals surface area contributed by atoms with Crippen molar-refractivity contribution in [2.75, 3.05) is 11.1 Å². The lowest BCUT2D eigenvalue weighted by Crippen LogP contribution is -2.56. The van der Waals surface area contributed by atoms with Crippen molar-refractivity contribution in [1.82, 2.24) is 5.32 Å². The van der Waals surface area contributed by atoms with E-state index in [2.05, 4.69) is 23.3 Å². The maximum Gasteiger partial charge on any atom is 0.329 e. The number of carbonyl (C=O) groups excluding carboxylic acids is 1. The fourth-order valence-electron chi connectivity index (χ4n) is 2.71. The van der Waals surface area contributed by atoms with Crippen LogP contribution in [0.3, 0.4) is 0 Å². The van der Waals surface area contributed by atoms with Crippen LogP contribution < -0.4 is 10.6 Å². The van der Waals surface area contributed by atoms with E-state index in [4.69, 9.17) is 0 Å². The molecule has 0 aliphatic carbocycles. The number of hydrogen-bond donors (Lipinski definition) is 5. The molecule has 0 saturated carbocycles. The topological polar surface area (TPSA) is 116 Å². The Morgan fingerprint density at radius 2 is 1.52 bits per heavy atom. The number of rotatable bonds is 10. The van der Waals surface area contributed by atoms with E-state index in [1.807, 2.05) is 30.3 Å². The minimum Gasteiger partial charge on any atom is -0.480 e. The summed E-state index contributed by atoms with van der Waals surface area (Å²) in [4.78, 5) is 36.0. The van der Waals surface area contributed by atoms with Crippen molar-refractivity contribution >= 4 is 36.2 Å². The zero-order valence-corrected chi connectivity index (χ0v) is 16.2. The maximum absolute atomic E-state index is 13.0. The van der Waals surface area contributed by atoms with Crippen LogP contribution in [0.5, 0.6) is 0 Å². The molecule has 0 spiro atoms. The summed E-state index contributed by atoms with van der Waals surface area (Å²) in [5, 5.41) is 23.8. The minimum atomic E-state index is -1.75. The second-order valence-corrected chi connectivity index (χ2v) is 6.73. The predicted molar refractivity (Wildman–Crippen MR) is 109 cm³/mol. The first-order chi connectivity index (χ1) is 13.8. The molecule has 3 atom stereocenters. The number of aliphatic carboxylic acids is 2. The van der Waals surface area contributed by atoms with E-state index in [-0.39, 0.29) is 11.4 Å². The molecule has 0 saturated heterocycles. The molecule has 3 unspecified atom stereocenters. The molecule has 0 aliphatic rings. The van der Waals surface area contributed by atoms with E-state index in [1.165, 1.54) is 12.1 Å². The highest BCUT2D eigenvalue weighted by atomic mass is 32.1. The smallest absolute Gasteiger partial charge is 0.329 e. The SMILES string of the molecule is O=C(NC(C(=O)O)C(Nc1ccc(F)cc1)C(=O)O)C(CS)Cc1ccccc1. The maximum atomic E-state index is 13.0. The van der Waals surface area contributed by atoms with Crippen LogP contribution in [-0.2, 0) is 20.8 Å². The van der Waals surface area contributed by atoms with E-state index in [0.29, 0.717) is 6.42 Å². The number of carboxylic acid groups (broad SMARTS) is 2. The van der Waals surface area contributed by atoms with Crippen LogP contribution in [0.15, 0.2) is 54.6 Å². The third-order valence-electron chi connectivity index (χ3n) is 4.25. The van der Waals surface area contributed by atoms with E-state index in [0.717, 1.165) is 17.7 Å². The van der Waals surface area contributed by atoms with Gasteiger partial charge < -0.3 is 20.8 Å². The summed E-state index contributed by atoms with van der Waals surface area (Å²) in [5.41, 5.74) is 1.07. The number of carbonyl (C=O) groups is 3. The molecule has 0 heterocycles. The average molecular weight is 420 g/mol. The van der Waals surface area contributed by atoms with Gasteiger partial charge in [0.1, 0.15) is 5.82 Å². The van der Waals surface area contributed by atoms with Crippen LogP contribution in [0, 0.1) is 11.7 Å². The van der Waals surface area contributed by atoms with Crippen LogP contribution >= 0.6 is 12.6 Å². The number of hydrogen-bond acceptors (Lipinski definition) is 5. The molecule has 7 nitrogen and oxygen atoms in total. The first-order valence-electron chi connectivity index (χ1n) is 8.74. The van der Waals surface area contributed by atoms with Gasteiger partial charge in [0.05, 0.1) is 5.92 Å². The number of anilines is 1. The molecule has 2 aromatic carbocycles. The number of amides is 1. The molecule has 0 bridgehead atoms. The lowest BCUT2D eigenvalue weighted by Gasteiger charge is -2.25. The van der Waals surface area contributed by atoms with Gasteiger partial charge in [0.2, 0.25) is 5.91 Å². The third kappa shape index (κ3) is 6.49. The van der Waals surface area contributed by atoms with Gasteiger partial charge in [-0.25, -0.2) is 14.0 Å². The fraction of sp³-hybridized carbons (Fsp3) is 0.250. The van der Waals surface area contributed by atoms with Crippen LogP contribution in [0.2, 0.25) is 0 Å². The zero-order valence-electron chi connectivity index (χ0n) is 15.3. The van der Waals surface area contributed by atoms with Crippen LogP contribution in [0.4, 0.5) is 10.1 Å². The fourth-order valence-corrected chi connectivity index (χ4v) is 3.01. The van der Waals surface area contributed by atoms with Crippen molar-refractivity contribution in [2.45, 2.75) is 18.5 Å². The van der Waals surface area contributed by atoms with E-state index < -0.39 is 41.7 Å². The van der Waals surface area contributed by atoms with Gasteiger partial charge >= 0.3 is 11.9 Å². The van der Waals surface area contributed by atoms with Gasteiger partial charge in [-0.3, -0.25) is 4.79 Å². The number of benzene rings is 2. The molecule has 0 aromatic heterocycles. The quantitative estimate of drug-likeness (QED) is 0.376. The summed E-state index contributed by atoms with van der Waals surface area (Å²) < 4.78 is 13.0. The van der Waals surface area contributed by atoms with Crippen LogP contribution in [0.25, 0.3) is 0 Å². The van der Waals surface area contributed by atoms with Gasteiger partial charge in [-0.2, -0.15) is 12.6 Å². The summed E-state index contributed by atoms with van der Waals surface area (Å²) in [5.74, 6) is -4.64. The summed E-state index contributed by atoms with van der Waals surface area (Å²) in [6, 6.07) is 10.5. The average Bonchev–Trinajstić information content (AvgIpc) is 2.70. The number of carboxylic acids is 2. The van der Waals surface area contributed by atoms with Crippen LogP contribution in [-0.4, -0.2) is 45.9 Å². The van der Waals surface area contributed by atoms with Crippen molar-refractivity contribution in [3.05, 3.63) is 66.0 Å². The number of halogens is 1.